The molecule has 1 atom stereocenters. The summed E-state index contributed by atoms with van der Waals surface area (Å²) in [7, 11) is 1.60. The molecule has 0 aliphatic carbocycles. The zero-order valence-corrected chi connectivity index (χ0v) is 19.0. The number of halogens is 1. The van der Waals surface area contributed by atoms with Crippen molar-refractivity contribution >= 4 is 40.0 Å². The second kappa shape index (κ2) is 8.33. The van der Waals surface area contributed by atoms with Gasteiger partial charge in [0.15, 0.2) is 5.16 Å². The van der Waals surface area contributed by atoms with Crippen molar-refractivity contribution in [3.05, 3.63) is 93.7 Å². The minimum atomic E-state index is -0.163. The Morgan fingerprint density at radius 3 is 2.59 bits per heavy atom. The molecular weight excluding hydrogens is 444 g/mol. The van der Waals surface area contributed by atoms with Gasteiger partial charge in [0.05, 0.1) is 23.7 Å². The lowest BCUT2D eigenvalue weighted by Gasteiger charge is -2.14. The summed E-state index contributed by atoms with van der Waals surface area (Å²) in [6.07, 6.45) is 0. The highest BCUT2D eigenvalue weighted by atomic mass is 35.5. The van der Waals surface area contributed by atoms with Crippen molar-refractivity contribution < 1.29 is 4.74 Å². The summed E-state index contributed by atoms with van der Waals surface area (Å²) in [5.74, 6) is 1.10. The number of hydrogen-bond acceptors (Lipinski definition) is 5. The molecule has 0 N–H and O–H groups in total. The Balaban J connectivity index is 1.75. The van der Waals surface area contributed by atoms with Gasteiger partial charge in [0, 0.05) is 16.3 Å². The number of fused-ring (bicyclic) bond motifs is 3. The molecule has 0 saturated carbocycles. The number of thioether (sulfide) groups is 1. The van der Waals surface area contributed by atoms with E-state index in [1.807, 2.05) is 77.2 Å². The Bertz CT molecular complexity index is 1510. The minimum Gasteiger partial charge on any atom is -0.497 e. The summed E-state index contributed by atoms with van der Waals surface area (Å²) in [5, 5.41) is 10.9. The van der Waals surface area contributed by atoms with E-state index in [1.165, 1.54) is 0 Å². The van der Waals surface area contributed by atoms with Gasteiger partial charge in [-0.3, -0.25) is 9.20 Å². The Morgan fingerprint density at radius 2 is 1.78 bits per heavy atom. The van der Waals surface area contributed by atoms with Crippen LogP contribution in [-0.2, 0) is 0 Å². The fourth-order valence-electron chi connectivity index (χ4n) is 3.76. The first-order valence-electron chi connectivity index (χ1n) is 10.0. The first-order chi connectivity index (χ1) is 15.6. The van der Waals surface area contributed by atoms with E-state index in [0.717, 1.165) is 11.1 Å². The maximum Gasteiger partial charge on any atom is 0.267 e. The smallest absolute Gasteiger partial charge is 0.267 e. The van der Waals surface area contributed by atoms with Crippen LogP contribution in [0, 0.1) is 0 Å². The quantitative estimate of drug-likeness (QED) is 0.320. The van der Waals surface area contributed by atoms with Crippen molar-refractivity contribution in [2.45, 2.75) is 17.3 Å². The molecule has 1 unspecified atom stereocenters. The van der Waals surface area contributed by atoms with Crippen molar-refractivity contribution in [3.8, 4) is 11.4 Å². The Labute approximate surface area is 193 Å². The number of rotatable bonds is 5. The summed E-state index contributed by atoms with van der Waals surface area (Å²) in [5.41, 5.74) is 2.27. The maximum absolute atomic E-state index is 13.5. The monoisotopic (exact) mass is 462 g/mol. The van der Waals surface area contributed by atoms with Gasteiger partial charge in [0.25, 0.3) is 5.56 Å². The molecule has 32 heavy (non-hydrogen) atoms. The van der Waals surface area contributed by atoms with Gasteiger partial charge in [0.2, 0.25) is 5.78 Å². The van der Waals surface area contributed by atoms with Gasteiger partial charge >= 0.3 is 0 Å². The molecule has 0 amide bonds. The van der Waals surface area contributed by atoms with Gasteiger partial charge in [-0.05, 0) is 42.8 Å². The maximum atomic E-state index is 13.5. The highest BCUT2D eigenvalue weighted by Crippen LogP contribution is 2.37. The number of hydrogen-bond donors (Lipinski definition) is 0. The highest BCUT2D eigenvalue weighted by molar-refractivity contribution is 7.99. The number of ether oxygens (including phenoxy) is 1. The second-order valence-electron chi connectivity index (χ2n) is 7.26. The fraction of sp³-hybridized carbons (Fsp3) is 0.125. The molecule has 0 spiro atoms. The normalized spacial score (nSPS) is 12.3. The molecular formula is C24H19ClN4O2S. The van der Waals surface area contributed by atoms with Crippen molar-refractivity contribution in [1.82, 2.24) is 19.2 Å². The van der Waals surface area contributed by atoms with E-state index >= 15 is 0 Å². The molecule has 5 aromatic rings. The predicted molar refractivity (Wildman–Crippen MR) is 128 cm³/mol. The Hall–Kier alpha value is -3.29. The third kappa shape index (κ3) is 3.43. The van der Waals surface area contributed by atoms with E-state index in [9.17, 15) is 4.79 Å². The number of para-hydroxylation sites is 1. The third-order valence-corrected chi connectivity index (χ3v) is 6.76. The number of aromatic nitrogens is 4. The molecule has 0 aliphatic rings. The lowest BCUT2D eigenvalue weighted by Crippen LogP contribution is -2.21. The standard InChI is InChI=1S/C24H19ClN4O2S/c1-15(18-10-3-5-12-20(18)25)32-24-27-26-23-28(16-8-7-9-17(14-16)31-2)22(30)19-11-4-6-13-21(19)29(23)24/h3-15H,1-2H3. The topological polar surface area (TPSA) is 61.4 Å². The molecule has 6 nitrogen and oxygen atoms in total. The summed E-state index contributed by atoms with van der Waals surface area (Å²) >= 11 is 7.96. The fourth-order valence-corrected chi connectivity index (χ4v) is 5.15. The minimum absolute atomic E-state index is 0.0343. The van der Waals surface area contributed by atoms with Crippen LogP contribution in [0.25, 0.3) is 22.4 Å². The van der Waals surface area contributed by atoms with Crippen LogP contribution in [0.1, 0.15) is 17.7 Å². The first kappa shape index (κ1) is 20.6. The number of methoxy groups -OCH3 is 1. The summed E-state index contributed by atoms with van der Waals surface area (Å²) in [4.78, 5) is 13.5. The van der Waals surface area contributed by atoms with E-state index in [1.54, 1.807) is 23.4 Å². The molecule has 2 heterocycles. The lowest BCUT2D eigenvalue weighted by molar-refractivity contribution is 0.414. The van der Waals surface area contributed by atoms with Crippen molar-refractivity contribution in [2.75, 3.05) is 7.11 Å². The molecule has 0 fully saturated rings. The van der Waals surface area contributed by atoms with Gasteiger partial charge < -0.3 is 4.74 Å². The summed E-state index contributed by atoms with van der Waals surface area (Å²) in [6, 6.07) is 22.6. The van der Waals surface area contributed by atoms with Gasteiger partial charge in [-0.25, -0.2) is 4.57 Å². The van der Waals surface area contributed by atoms with Crippen LogP contribution in [0.2, 0.25) is 5.02 Å². The van der Waals surface area contributed by atoms with Crippen LogP contribution < -0.4 is 10.3 Å². The summed E-state index contributed by atoms with van der Waals surface area (Å²) in [6.45, 7) is 2.08. The summed E-state index contributed by atoms with van der Waals surface area (Å²) < 4.78 is 8.86. The zero-order valence-electron chi connectivity index (χ0n) is 17.4. The Morgan fingerprint density at radius 1 is 1.00 bits per heavy atom. The molecule has 0 aliphatic heterocycles. The van der Waals surface area contributed by atoms with Crippen LogP contribution in [0.5, 0.6) is 5.75 Å². The number of benzene rings is 3. The molecule has 3 aromatic carbocycles. The van der Waals surface area contributed by atoms with Crippen molar-refractivity contribution in [1.29, 1.82) is 0 Å². The van der Waals surface area contributed by atoms with Crippen molar-refractivity contribution in [2.24, 2.45) is 0 Å². The van der Waals surface area contributed by atoms with Gasteiger partial charge in [-0.2, -0.15) is 0 Å². The van der Waals surface area contributed by atoms with E-state index in [-0.39, 0.29) is 10.8 Å². The van der Waals surface area contributed by atoms with Gasteiger partial charge in [-0.15, -0.1) is 10.2 Å². The number of nitrogens with zero attached hydrogens (tertiary/aromatic N) is 4. The lowest BCUT2D eigenvalue weighted by atomic mass is 10.2. The van der Waals surface area contributed by atoms with Crippen LogP contribution in [0.3, 0.4) is 0 Å². The van der Waals surface area contributed by atoms with Crippen LogP contribution in [0.15, 0.2) is 82.7 Å². The average Bonchev–Trinajstić information content (AvgIpc) is 3.23. The third-order valence-electron chi connectivity index (χ3n) is 5.33. The second-order valence-corrected chi connectivity index (χ2v) is 8.97. The zero-order chi connectivity index (χ0) is 22.2. The SMILES string of the molecule is COc1cccc(-n2c(=O)c3ccccc3n3c(SC(C)c4ccccc4Cl)nnc23)c1. The average molecular weight is 463 g/mol. The molecule has 5 rings (SSSR count). The van der Waals surface area contributed by atoms with Crippen LogP contribution in [-0.4, -0.2) is 26.3 Å². The van der Waals surface area contributed by atoms with Crippen molar-refractivity contribution in [3.63, 3.8) is 0 Å². The van der Waals surface area contributed by atoms with E-state index in [2.05, 4.69) is 17.1 Å². The van der Waals surface area contributed by atoms with E-state index < -0.39 is 0 Å². The molecule has 0 bridgehead atoms. The van der Waals surface area contributed by atoms with Crippen LogP contribution >= 0.6 is 23.4 Å². The first-order valence-corrected chi connectivity index (χ1v) is 11.3. The molecule has 8 heteroatoms. The van der Waals surface area contributed by atoms with Crippen LogP contribution in [0.4, 0.5) is 0 Å². The van der Waals surface area contributed by atoms with E-state index in [0.29, 0.717) is 32.8 Å². The molecule has 0 radical (unpaired) electrons. The molecule has 160 valence electrons. The van der Waals surface area contributed by atoms with Gasteiger partial charge in [0.1, 0.15) is 5.75 Å². The predicted octanol–water partition coefficient (Wildman–Crippen LogP) is 5.55. The van der Waals surface area contributed by atoms with Gasteiger partial charge in [-0.1, -0.05) is 59.8 Å². The molecule has 2 aromatic heterocycles. The molecule has 0 saturated heterocycles. The largest absolute Gasteiger partial charge is 0.497 e. The Kier molecular flexibility index (Phi) is 5.36. The van der Waals surface area contributed by atoms with E-state index in [4.69, 9.17) is 16.3 Å². The highest BCUT2D eigenvalue weighted by Gasteiger charge is 2.20.